The van der Waals surface area contributed by atoms with Gasteiger partial charge in [0.2, 0.25) is 5.91 Å². The van der Waals surface area contributed by atoms with E-state index in [2.05, 4.69) is 6.92 Å². The maximum Gasteiger partial charge on any atom is 0.246 e. The zero-order chi connectivity index (χ0) is 14.5. The molecule has 0 radical (unpaired) electrons. The minimum atomic E-state index is -0.0194. The summed E-state index contributed by atoms with van der Waals surface area (Å²) in [5.41, 5.74) is 0.829. The van der Waals surface area contributed by atoms with E-state index in [1.807, 2.05) is 31.2 Å². The summed E-state index contributed by atoms with van der Waals surface area (Å²) in [6, 6.07) is 7.52. The Morgan fingerprint density at radius 3 is 2.60 bits per heavy atom. The zero-order valence-electron chi connectivity index (χ0n) is 11.8. The number of anilines is 1. The maximum absolute atomic E-state index is 12.4. The summed E-state index contributed by atoms with van der Waals surface area (Å²) in [7, 11) is 0. The Kier molecular flexibility index (Phi) is 5.43. The van der Waals surface area contributed by atoms with Gasteiger partial charge in [0, 0.05) is 0 Å². The third-order valence-corrected chi connectivity index (χ3v) is 4.72. The molecule has 1 amide bonds. The topological polar surface area (TPSA) is 29.5 Å². The van der Waals surface area contributed by atoms with Gasteiger partial charge in [-0.15, -0.1) is 0 Å². The van der Waals surface area contributed by atoms with Crippen LogP contribution < -0.4 is 9.64 Å². The molecule has 3 nitrogen and oxygen atoms in total. The quantitative estimate of drug-likeness (QED) is 0.743. The van der Waals surface area contributed by atoms with Crippen LogP contribution in [-0.2, 0) is 4.79 Å². The van der Waals surface area contributed by atoms with Crippen molar-refractivity contribution in [2.75, 3.05) is 11.5 Å². The number of thioether (sulfide) groups is 1. The van der Waals surface area contributed by atoms with Gasteiger partial charge in [-0.25, -0.2) is 0 Å². The Balaban J connectivity index is 2.11. The maximum atomic E-state index is 12.4. The molecule has 0 bridgehead atoms. The molecule has 0 spiro atoms. The van der Waals surface area contributed by atoms with Gasteiger partial charge in [0.15, 0.2) is 0 Å². The lowest BCUT2D eigenvalue weighted by Gasteiger charge is -2.16. The first-order valence-electron chi connectivity index (χ1n) is 6.94. The lowest BCUT2D eigenvalue weighted by Crippen LogP contribution is -2.31. The van der Waals surface area contributed by atoms with Gasteiger partial charge in [-0.1, -0.05) is 43.7 Å². The van der Waals surface area contributed by atoms with Crippen molar-refractivity contribution in [1.29, 1.82) is 0 Å². The van der Waals surface area contributed by atoms with Crippen LogP contribution >= 0.6 is 24.0 Å². The van der Waals surface area contributed by atoms with E-state index in [1.165, 1.54) is 11.8 Å². The number of rotatable bonds is 6. The lowest BCUT2D eigenvalue weighted by atomic mass is 10.2. The number of nitrogens with zero attached hydrogens (tertiary/aromatic N) is 1. The standard InChI is InChI=1S/C15H19NO2S2/c1-3-5-6-13-14(17)16(15(19)20-13)11-7-9-12(10-8-11)18-4-2/h7-10,13H,3-6H2,1-2H3. The Bertz CT molecular complexity index is 487. The largest absolute Gasteiger partial charge is 0.494 e. The van der Waals surface area contributed by atoms with Gasteiger partial charge in [0.05, 0.1) is 17.5 Å². The number of unbranched alkanes of at least 4 members (excludes halogenated alkanes) is 1. The van der Waals surface area contributed by atoms with E-state index in [9.17, 15) is 4.79 Å². The normalized spacial score (nSPS) is 18.7. The van der Waals surface area contributed by atoms with Crippen molar-refractivity contribution >= 4 is 39.9 Å². The SMILES string of the molecule is CCCCC1SC(=S)N(c2ccc(OCC)cc2)C1=O. The van der Waals surface area contributed by atoms with Gasteiger partial charge in [-0.05, 0) is 37.6 Å². The van der Waals surface area contributed by atoms with Gasteiger partial charge in [0.1, 0.15) is 10.1 Å². The van der Waals surface area contributed by atoms with Crippen LogP contribution in [0.1, 0.15) is 33.1 Å². The number of ether oxygens (including phenoxy) is 1. The molecule has 1 heterocycles. The van der Waals surface area contributed by atoms with Gasteiger partial charge >= 0.3 is 0 Å². The van der Waals surface area contributed by atoms with Gasteiger partial charge in [-0.3, -0.25) is 9.69 Å². The second-order valence-electron chi connectivity index (χ2n) is 4.62. The predicted molar refractivity (Wildman–Crippen MR) is 88.6 cm³/mol. The van der Waals surface area contributed by atoms with E-state index in [1.54, 1.807) is 4.90 Å². The fraction of sp³-hybridized carbons (Fsp3) is 0.467. The summed E-state index contributed by atoms with van der Waals surface area (Å²) < 4.78 is 6.06. The molecule has 1 saturated heterocycles. The van der Waals surface area contributed by atoms with Crippen LogP contribution in [0.25, 0.3) is 0 Å². The average molecular weight is 309 g/mol. The highest BCUT2D eigenvalue weighted by atomic mass is 32.2. The first kappa shape index (κ1) is 15.3. The van der Waals surface area contributed by atoms with E-state index in [0.29, 0.717) is 10.9 Å². The molecular formula is C15H19NO2S2. The Morgan fingerprint density at radius 2 is 2.00 bits per heavy atom. The second-order valence-corrected chi connectivity index (χ2v) is 6.45. The smallest absolute Gasteiger partial charge is 0.246 e. The van der Waals surface area contributed by atoms with Gasteiger partial charge < -0.3 is 4.74 Å². The molecule has 0 saturated carbocycles. The zero-order valence-corrected chi connectivity index (χ0v) is 13.4. The van der Waals surface area contributed by atoms with E-state index in [-0.39, 0.29) is 11.2 Å². The molecular weight excluding hydrogens is 290 g/mol. The minimum absolute atomic E-state index is 0.0194. The molecule has 2 rings (SSSR count). The number of amides is 1. The monoisotopic (exact) mass is 309 g/mol. The highest BCUT2D eigenvalue weighted by Crippen LogP contribution is 2.35. The molecule has 20 heavy (non-hydrogen) atoms. The van der Waals surface area contributed by atoms with Crippen molar-refractivity contribution < 1.29 is 9.53 Å². The summed E-state index contributed by atoms with van der Waals surface area (Å²) in [6.07, 6.45) is 3.05. The number of benzene rings is 1. The molecule has 1 aromatic carbocycles. The van der Waals surface area contributed by atoms with Crippen molar-refractivity contribution in [3.05, 3.63) is 24.3 Å². The molecule has 5 heteroatoms. The van der Waals surface area contributed by atoms with Crippen molar-refractivity contribution in [2.45, 2.75) is 38.4 Å². The average Bonchev–Trinajstić information content (AvgIpc) is 2.73. The first-order valence-corrected chi connectivity index (χ1v) is 8.23. The van der Waals surface area contributed by atoms with Crippen LogP contribution in [0.3, 0.4) is 0 Å². The van der Waals surface area contributed by atoms with Gasteiger partial charge in [0.25, 0.3) is 0 Å². The van der Waals surface area contributed by atoms with Crippen molar-refractivity contribution in [1.82, 2.24) is 0 Å². The van der Waals surface area contributed by atoms with Crippen molar-refractivity contribution in [3.8, 4) is 5.75 Å². The fourth-order valence-electron chi connectivity index (χ4n) is 2.12. The molecule has 1 unspecified atom stereocenters. The summed E-state index contributed by atoms with van der Waals surface area (Å²) >= 11 is 6.86. The predicted octanol–water partition coefficient (Wildman–Crippen LogP) is 4.01. The van der Waals surface area contributed by atoms with Crippen LogP contribution in [0.5, 0.6) is 5.75 Å². The van der Waals surface area contributed by atoms with Crippen LogP contribution in [-0.4, -0.2) is 22.1 Å². The third-order valence-electron chi connectivity index (χ3n) is 3.15. The van der Waals surface area contributed by atoms with E-state index >= 15 is 0 Å². The third kappa shape index (κ3) is 3.33. The number of carbonyl (C=O) groups excluding carboxylic acids is 1. The summed E-state index contributed by atoms with van der Waals surface area (Å²) in [6.45, 7) is 4.71. The number of hydrogen-bond acceptors (Lipinski definition) is 4. The van der Waals surface area contributed by atoms with E-state index in [0.717, 1.165) is 30.7 Å². The van der Waals surface area contributed by atoms with E-state index in [4.69, 9.17) is 17.0 Å². The molecule has 1 fully saturated rings. The number of hydrogen-bond donors (Lipinski definition) is 0. The molecule has 0 N–H and O–H groups in total. The van der Waals surface area contributed by atoms with Crippen LogP contribution in [0.4, 0.5) is 5.69 Å². The van der Waals surface area contributed by atoms with E-state index < -0.39 is 0 Å². The molecule has 1 aliphatic heterocycles. The minimum Gasteiger partial charge on any atom is -0.494 e. The first-order chi connectivity index (χ1) is 9.67. The molecule has 1 aromatic rings. The molecule has 108 valence electrons. The number of carbonyl (C=O) groups is 1. The highest BCUT2D eigenvalue weighted by molar-refractivity contribution is 8.25. The summed E-state index contributed by atoms with van der Waals surface area (Å²) in [4.78, 5) is 14.1. The summed E-state index contributed by atoms with van der Waals surface area (Å²) in [5.74, 6) is 0.918. The van der Waals surface area contributed by atoms with Crippen molar-refractivity contribution in [2.24, 2.45) is 0 Å². The molecule has 0 aliphatic carbocycles. The highest BCUT2D eigenvalue weighted by Gasteiger charge is 2.37. The lowest BCUT2D eigenvalue weighted by molar-refractivity contribution is -0.117. The van der Waals surface area contributed by atoms with Crippen LogP contribution in [0, 0.1) is 0 Å². The van der Waals surface area contributed by atoms with Crippen molar-refractivity contribution in [3.63, 3.8) is 0 Å². The molecule has 1 aliphatic rings. The Hall–Kier alpha value is -1.07. The molecule has 1 atom stereocenters. The Morgan fingerprint density at radius 1 is 1.30 bits per heavy atom. The Labute approximate surface area is 129 Å². The second kappa shape index (κ2) is 7.09. The van der Waals surface area contributed by atoms with Crippen LogP contribution in [0.2, 0.25) is 0 Å². The fourth-order valence-corrected chi connectivity index (χ4v) is 3.70. The van der Waals surface area contributed by atoms with Gasteiger partial charge in [-0.2, -0.15) is 0 Å². The number of thiocarbonyl (C=S) groups is 1. The van der Waals surface area contributed by atoms with Crippen LogP contribution in [0.15, 0.2) is 24.3 Å². The summed E-state index contributed by atoms with van der Waals surface area (Å²) in [5, 5.41) is -0.0194. The molecule has 0 aromatic heterocycles.